The van der Waals surface area contributed by atoms with Gasteiger partial charge >= 0.3 is 0 Å². The third-order valence-electron chi connectivity index (χ3n) is 2.07. The summed E-state index contributed by atoms with van der Waals surface area (Å²) in [5.41, 5.74) is 0.831. The summed E-state index contributed by atoms with van der Waals surface area (Å²) in [6.07, 6.45) is 5.26. The Labute approximate surface area is 92.7 Å². The van der Waals surface area contributed by atoms with Crippen LogP contribution in [-0.2, 0) is 6.42 Å². The average Bonchev–Trinajstić information content (AvgIpc) is 2.79. The topological polar surface area (TPSA) is 75.6 Å². The standard InChI is InChI=1S/C11H10N4O/c12-6-2-1-5-10-14-11(15-16-10)9-4-3-7-13-8-9/h3-4,7-8H,1-2,5H2. The maximum atomic E-state index is 8.40. The lowest BCUT2D eigenvalue weighted by atomic mass is 10.2. The van der Waals surface area contributed by atoms with Gasteiger partial charge in [0.15, 0.2) is 0 Å². The minimum absolute atomic E-state index is 0.505. The molecular weight excluding hydrogens is 204 g/mol. The van der Waals surface area contributed by atoms with Crippen molar-refractivity contribution in [3.63, 3.8) is 0 Å². The molecule has 5 nitrogen and oxygen atoms in total. The Morgan fingerprint density at radius 3 is 3.12 bits per heavy atom. The van der Waals surface area contributed by atoms with Gasteiger partial charge in [-0.05, 0) is 18.6 Å². The first-order valence-corrected chi connectivity index (χ1v) is 5.00. The molecule has 0 aliphatic heterocycles. The summed E-state index contributed by atoms with van der Waals surface area (Å²) in [6.45, 7) is 0. The first-order valence-electron chi connectivity index (χ1n) is 5.00. The van der Waals surface area contributed by atoms with E-state index in [1.54, 1.807) is 12.4 Å². The number of nitriles is 1. The molecule has 0 N–H and O–H groups in total. The van der Waals surface area contributed by atoms with Crippen molar-refractivity contribution in [1.82, 2.24) is 15.1 Å². The van der Waals surface area contributed by atoms with Crippen LogP contribution in [0.4, 0.5) is 0 Å². The maximum Gasteiger partial charge on any atom is 0.226 e. The van der Waals surface area contributed by atoms with E-state index < -0.39 is 0 Å². The fourth-order valence-corrected chi connectivity index (χ4v) is 1.29. The molecule has 0 spiro atoms. The fraction of sp³-hybridized carbons (Fsp3) is 0.273. The summed E-state index contributed by atoms with van der Waals surface area (Å²) in [6, 6.07) is 5.77. The van der Waals surface area contributed by atoms with Gasteiger partial charge in [-0.2, -0.15) is 10.2 Å². The molecule has 0 atom stereocenters. The first-order chi connectivity index (χ1) is 7.90. The van der Waals surface area contributed by atoms with Crippen molar-refractivity contribution in [1.29, 1.82) is 5.26 Å². The van der Waals surface area contributed by atoms with E-state index >= 15 is 0 Å². The molecule has 5 heteroatoms. The molecule has 0 aromatic carbocycles. The van der Waals surface area contributed by atoms with Gasteiger partial charge in [-0.1, -0.05) is 5.16 Å². The van der Waals surface area contributed by atoms with E-state index in [0.29, 0.717) is 24.6 Å². The number of hydrogen-bond donors (Lipinski definition) is 0. The van der Waals surface area contributed by atoms with Crippen molar-refractivity contribution in [3.05, 3.63) is 30.4 Å². The van der Waals surface area contributed by atoms with Crippen LogP contribution in [0.3, 0.4) is 0 Å². The Kier molecular flexibility index (Phi) is 3.24. The highest BCUT2D eigenvalue weighted by Gasteiger charge is 2.07. The molecule has 0 unspecified atom stereocenters. The van der Waals surface area contributed by atoms with Gasteiger partial charge in [-0.3, -0.25) is 4.98 Å². The predicted octanol–water partition coefficient (Wildman–Crippen LogP) is 1.98. The van der Waals surface area contributed by atoms with Crippen molar-refractivity contribution < 1.29 is 4.52 Å². The highest BCUT2D eigenvalue weighted by atomic mass is 16.5. The van der Waals surface area contributed by atoms with Crippen LogP contribution in [0.25, 0.3) is 11.4 Å². The number of unbranched alkanes of at least 4 members (excludes halogenated alkanes) is 1. The summed E-state index contributed by atoms with van der Waals surface area (Å²) >= 11 is 0. The second-order valence-electron chi connectivity index (χ2n) is 3.27. The number of aromatic nitrogens is 3. The second kappa shape index (κ2) is 5.03. The largest absolute Gasteiger partial charge is 0.339 e. The molecule has 80 valence electrons. The lowest BCUT2D eigenvalue weighted by molar-refractivity contribution is 0.376. The normalized spacial score (nSPS) is 9.94. The van der Waals surface area contributed by atoms with Crippen LogP contribution in [0.2, 0.25) is 0 Å². The predicted molar refractivity (Wildman–Crippen MR) is 56.1 cm³/mol. The van der Waals surface area contributed by atoms with Crippen LogP contribution >= 0.6 is 0 Å². The summed E-state index contributed by atoms with van der Waals surface area (Å²) in [5, 5.41) is 12.3. The fourth-order valence-electron chi connectivity index (χ4n) is 1.29. The van der Waals surface area contributed by atoms with Crippen LogP contribution in [0.1, 0.15) is 18.7 Å². The van der Waals surface area contributed by atoms with Gasteiger partial charge < -0.3 is 4.52 Å². The molecule has 2 aromatic rings. The third kappa shape index (κ3) is 2.42. The van der Waals surface area contributed by atoms with Crippen molar-refractivity contribution in [3.8, 4) is 17.5 Å². The number of rotatable bonds is 4. The summed E-state index contributed by atoms with van der Waals surface area (Å²) < 4.78 is 5.07. The quantitative estimate of drug-likeness (QED) is 0.727. The van der Waals surface area contributed by atoms with Gasteiger partial charge in [0, 0.05) is 30.8 Å². The molecule has 2 heterocycles. The number of hydrogen-bond acceptors (Lipinski definition) is 5. The average molecular weight is 214 g/mol. The third-order valence-corrected chi connectivity index (χ3v) is 2.07. The zero-order valence-electron chi connectivity index (χ0n) is 8.63. The van der Waals surface area contributed by atoms with Crippen molar-refractivity contribution >= 4 is 0 Å². The molecule has 0 aliphatic rings. The molecule has 0 amide bonds. The summed E-state index contributed by atoms with van der Waals surface area (Å²) in [7, 11) is 0. The van der Waals surface area contributed by atoms with Crippen molar-refractivity contribution in [2.45, 2.75) is 19.3 Å². The lowest BCUT2D eigenvalue weighted by Gasteiger charge is -1.90. The minimum Gasteiger partial charge on any atom is -0.339 e. The first kappa shape index (κ1) is 10.3. The van der Waals surface area contributed by atoms with Crippen LogP contribution in [-0.4, -0.2) is 15.1 Å². The maximum absolute atomic E-state index is 8.40. The molecular formula is C11H10N4O. The van der Waals surface area contributed by atoms with E-state index in [1.807, 2.05) is 12.1 Å². The Hall–Kier alpha value is -2.22. The van der Waals surface area contributed by atoms with Crippen LogP contribution < -0.4 is 0 Å². The Bertz CT molecular complexity index is 486. The highest BCUT2D eigenvalue weighted by Crippen LogP contribution is 2.14. The molecule has 2 aromatic heterocycles. The molecule has 0 saturated heterocycles. The van der Waals surface area contributed by atoms with Gasteiger partial charge in [-0.15, -0.1) is 0 Å². The monoisotopic (exact) mass is 214 g/mol. The molecule has 0 saturated carbocycles. The van der Waals surface area contributed by atoms with Crippen LogP contribution in [0, 0.1) is 11.3 Å². The summed E-state index contributed by atoms with van der Waals surface area (Å²) in [4.78, 5) is 8.21. The summed E-state index contributed by atoms with van der Waals surface area (Å²) in [5.74, 6) is 1.11. The van der Waals surface area contributed by atoms with Crippen molar-refractivity contribution in [2.75, 3.05) is 0 Å². The molecule has 0 radical (unpaired) electrons. The van der Waals surface area contributed by atoms with Gasteiger partial charge in [-0.25, -0.2) is 0 Å². The van der Waals surface area contributed by atoms with Crippen LogP contribution in [0.15, 0.2) is 29.0 Å². The van der Waals surface area contributed by atoms with Gasteiger partial charge in [0.05, 0.1) is 6.07 Å². The van der Waals surface area contributed by atoms with Crippen molar-refractivity contribution in [2.24, 2.45) is 0 Å². The molecule has 16 heavy (non-hydrogen) atoms. The molecule has 0 fully saturated rings. The number of nitrogens with zero attached hydrogens (tertiary/aromatic N) is 4. The van der Waals surface area contributed by atoms with Gasteiger partial charge in [0.25, 0.3) is 0 Å². The van der Waals surface area contributed by atoms with Crippen LogP contribution in [0.5, 0.6) is 0 Å². The van der Waals surface area contributed by atoms with E-state index in [0.717, 1.165) is 12.0 Å². The van der Waals surface area contributed by atoms with Gasteiger partial charge in [0.1, 0.15) is 0 Å². The van der Waals surface area contributed by atoms with Gasteiger partial charge in [0.2, 0.25) is 11.7 Å². The Morgan fingerprint density at radius 2 is 2.38 bits per heavy atom. The van der Waals surface area contributed by atoms with E-state index in [2.05, 4.69) is 21.2 Å². The second-order valence-corrected chi connectivity index (χ2v) is 3.27. The minimum atomic E-state index is 0.505. The zero-order valence-corrected chi connectivity index (χ0v) is 8.63. The zero-order chi connectivity index (χ0) is 11.2. The smallest absolute Gasteiger partial charge is 0.226 e. The number of aryl methyl sites for hydroxylation is 1. The SMILES string of the molecule is N#CCCCc1nc(-c2cccnc2)no1. The Morgan fingerprint density at radius 1 is 1.44 bits per heavy atom. The number of pyridine rings is 1. The van der Waals surface area contributed by atoms with E-state index in [-0.39, 0.29) is 0 Å². The van der Waals surface area contributed by atoms with E-state index in [4.69, 9.17) is 9.78 Å². The molecule has 2 rings (SSSR count). The molecule has 0 aliphatic carbocycles. The van der Waals surface area contributed by atoms with E-state index in [1.165, 1.54) is 0 Å². The lowest BCUT2D eigenvalue weighted by Crippen LogP contribution is -1.85. The Balaban J connectivity index is 2.06. The highest BCUT2D eigenvalue weighted by molar-refractivity contribution is 5.51. The molecule has 0 bridgehead atoms. The van der Waals surface area contributed by atoms with E-state index in [9.17, 15) is 0 Å².